The van der Waals surface area contributed by atoms with Gasteiger partial charge in [-0.3, -0.25) is 4.68 Å². The van der Waals surface area contributed by atoms with E-state index >= 15 is 0 Å². The van der Waals surface area contributed by atoms with Gasteiger partial charge in [0.15, 0.2) is 0 Å². The number of para-hydroxylation sites is 1. The average Bonchev–Trinajstić information content (AvgIpc) is 2.75. The second-order valence-electron chi connectivity index (χ2n) is 4.27. The fraction of sp³-hybridized carbons (Fsp3) is 0.385. The average molecular weight is 246 g/mol. The molecule has 2 rings (SSSR count). The van der Waals surface area contributed by atoms with E-state index in [9.17, 15) is 0 Å². The van der Waals surface area contributed by atoms with Crippen molar-refractivity contribution >= 4 is 0 Å². The van der Waals surface area contributed by atoms with Crippen LogP contribution in [0.1, 0.15) is 16.8 Å². The molecule has 0 unspecified atom stereocenters. The van der Waals surface area contributed by atoms with Crippen LogP contribution in [-0.2, 0) is 20.1 Å². The van der Waals surface area contributed by atoms with Crippen LogP contribution in [-0.4, -0.2) is 21.5 Å². The minimum atomic E-state index is 0.427. The zero-order valence-corrected chi connectivity index (χ0v) is 10.8. The first-order chi connectivity index (χ1) is 8.70. The molecule has 18 heavy (non-hydrogen) atoms. The molecule has 0 aliphatic carbocycles. The van der Waals surface area contributed by atoms with Crippen LogP contribution in [0.5, 0.6) is 5.75 Å². The van der Waals surface area contributed by atoms with Crippen LogP contribution in [0.15, 0.2) is 24.4 Å². The molecule has 0 atom stereocenters. The molecule has 0 aliphatic rings. The van der Waals surface area contributed by atoms with Crippen molar-refractivity contribution in [2.24, 2.45) is 12.8 Å². The molecule has 0 amide bonds. The summed E-state index contributed by atoms with van der Waals surface area (Å²) in [6, 6.07) is 6.10. The molecule has 1 aromatic carbocycles. The van der Waals surface area contributed by atoms with Gasteiger partial charge in [0.25, 0.3) is 0 Å². The predicted molar refractivity (Wildman–Crippen MR) is 69.3 cm³/mol. The summed E-state index contributed by atoms with van der Waals surface area (Å²) in [7, 11) is 1.84. The van der Waals surface area contributed by atoms with E-state index in [1.165, 1.54) is 0 Å². The third kappa shape index (κ3) is 2.87. The second kappa shape index (κ2) is 5.64. The Morgan fingerprint density at radius 3 is 2.89 bits per heavy atom. The molecule has 2 aromatic rings. The van der Waals surface area contributed by atoms with Gasteiger partial charge >= 0.3 is 0 Å². The Hall–Kier alpha value is -1.88. The van der Waals surface area contributed by atoms with Crippen molar-refractivity contribution in [1.29, 1.82) is 0 Å². The summed E-state index contributed by atoms with van der Waals surface area (Å²) in [6.45, 7) is 3.08. The van der Waals surface area contributed by atoms with E-state index < -0.39 is 0 Å². The van der Waals surface area contributed by atoms with E-state index in [-0.39, 0.29) is 0 Å². The maximum absolute atomic E-state index is 5.85. The van der Waals surface area contributed by atoms with Crippen molar-refractivity contribution < 1.29 is 4.74 Å². The lowest BCUT2D eigenvalue weighted by Crippen LogP contribution is -2.06. The normalized spacial score (nSPS) is 10.6. The standard InChI is InChI=1S/C13H18N4O/c1-10-4-3-5-11(6-7-14)13(10)18-9-12-8-17(2)16-15-12/h3-5,8H,6-7,9,14H2,1-2H3. The molecular weight excluding hydrogens is 228 g/mol. The fourth-order valence-electron chi connectivity index (χ4n) is 1.88. The Bertz CT molecular complexity index is 521. The van der Waals surface area contributed by atoms with Crippen LogP contribution >= 0.6 is 0 Å². The van der Waals surface area contributed by atoms with Crippen LogP contribution in [0.4, 0.5) is 0 Å². The van der Waals surface area contributed by atoms with Crippen molar-refractivity contribution in [3.8, 4) is 5.75 Å². The Balaban J connectivity index is 2.12. The smallest absolute Gasteiger partial charge is 0.134 e. The van der Waals surface area contributed by atoms with E-state index in [4.69, 9.17) is 10.5 Å². The van der Waals surface area contributed by atoms with E-state index in [0.29, 0.717) is 13.2 Å². The largest absolute Gasteiger partial charge is 0.487 e. The number of nitrogens with zero attached hydrogens (tertiary/aromatic N) is 3. The summed E-state index contributed by atoms with van der Waals surface area (Å²) >= 11 is 0. The first-order valence-corrected chi connectivity index (χ1v) is 5.97. The molecule has 0 saturated heterocycles. The van der Waals surface area contributed by atoms with Gasteiger partial charge < -0.3 is 10.5 Å². The third-order valence-electron chi connectivity index (χ3n) is 2.72. The van der Waals surface area contributed by atoms with Gasteiger partial charge in [-0.25, -0.2) is 0 Å². The number of hydrogen-bond acceptors (Lipinski definition) is 4. The van der Waals surface area contributed by atoms with Gasteiger partial charge in [-0.2, -0.15) is 0 Å². The topological polar surface area (TPSA) is 66.0 Å². The first-order valence-electron chi connectivity index (χ1n) is 5.97. The summed E-state index contributed by atoms with van der Waals surface area (Å²) in [6.07, 6.45) is 2.67. The van der Waals surface area contributed by atoms with Gasteiger partial charge in [0.1, 0.15) is 18.1 Å². The summed E-state index contributed by atoms with van der Waals surface area (Å²) in [5, 5.41) is 7.88. The molecule has 0 spiro atoms. The maximum atomic E-state index is 5.85. The molecule has 96 valence electrons. The van der Waals surface area contributed by atoms with Gasteiger partial charge in [0.05, 0.1) is 6.20 Å². The zero-order chi connectivity index (χ0) is 13.0. The highest BCUT2D eigenvalue weighted by molar-refractivity contribution is 5.41. The van der Waals surface area contributed by atoms with Gasteiger partial charge in [-0.1, -0.05) is 23.4 Å². The number of ether oxygens (including phenoxy) is 1. The molecule has 2 N–H and O–H groups in total. The van der Waals surface area contributed by atoms with Crippen molar-refractivity contribution in [3.05, 3.63) is 41.2 Å². The quantitative estimate of drug-likeness (QED) is 0.861. The highest BCUT2D eigenvalue weighted by Crippen LogP contribution is 2.24. The summed E-state index contributed by atoms with van der Waals surface area (Å²) in [5.74, 6) is 0.911. The number of aryl methyl sites for hydroxylation is 2. The number of benzene rings is 1. The zero-order valence-electron chi connectivity index (χ0n) is 10.8. The third-order valence-corrected chi connectivity index (χ3v) is 2.72. The van der Waals surface area contributed by atoms with Crippen LogP contribution in [0.2, 0.25) is 0 Å². The molecule has 5 nitrogen and oxygen atoms in total. The minimum absolute atomic E-state index is 0.427. The number of nitrogens with two attached hydrogens (primary N) is 1. The van der Waals surface area contributed by atoms with Crippen LogP contribution in [0.25, 0.3) is 0 Å². The van der Waals surface area contributed by atoms with Crippen LogP contribution in [0, 0.1) is 6.92 Å². The van der Waals surface area contributed by atoms with Gasteiger partial charge in [-0.05, 0) is 31.0 Å². The van der Waals surface area contributed by atoms with Gasteiger partial charge in [0.2, 0.25) is 0 Å². The van der Waals surface area contributed by atoms with E-state index in [1.807, 2.05) is 38.4 Å². The highest BCUT2D eigenvalue weighted by Gasteiger charge is 2.07. The Morgan fingerprint density at radius 2 is 2.22 bits per heavy atom. The van der Waals surface area contributed by atoms with Crippen molar-refractivity contribution in [2.75, 3.05) is 6.54 Å². The molecule has 0 fully saturated rings. The fourth-order valence-corrected chi connectivity index (χ4v) is 1.88. The van der Waals surface area contributed by atoms with Gasteiger partial charge in [0, 0.05) is 7.05 Å². The lowest BCUT2D eigenvalue weighted by molar-refractivity contribution is 0.296. The lowest BCUT2D eigenvalue weighted by atomic mass is 10.1. The van der Waals surface area contributed by atoms with Crippen molar-refractivity contribution in [1.82, 2.24) is 15.0 Å². The Labute approximate surface area is 107 Å². The Morgan fingerprint density at radius 1 is 1.39 bits per heavy atom. The molecule has 5 heteroatoms. The van der Waals surface area contributed by atoms with E-state index in [2.05, 4.69) is 10.3 Å². The van der Waals surface area contributed by atoms with Crippen molar-refractivity contribution in [2.45, 2.75) is 20.0 Å². The molecule has 0 aliphatic heterocycles. The number of aromatic nitrogens is 3. The second-order valence-corrected chi connectivity index (χ2v) is 4.27. The van der Waals surface area contributed by atoms with E-state index in [1.54, 1.807) is 4.68 Å². The van der Waals surface area contributed by atoms with Crippen LogP contribution < -0.4 is 10.5 Å². The first kappa shape index (κ1) is 12.6. The monoisotopic (exact) mass is 246 g/mol. The SMILES string of the molecule is Cc1cccc(CCN)c1OCc1cn(C)nn1. The Kier molecular flexibility index (Phi) is 3.94. The summed E-state index contributed by atoms with van der Waals surface area (Å²) in [5.41, 5.74) is 8.68. The van der Waals surface area contributed by atoms with Crippen molar-refractivity contribution in [3.63, 3.8) is 0 Å². The predicted octanol–water partition coefficient (Wildman–Crippen LogP) is 1.20. The number of hydrogen-bond donors (Lipinski definition) is 1. The minimum Gasteiger partial charge on any atom is -0.487 e. The molecule has 0 bridgehead atoms. The lowest BCUT2D eigenvalue weighted by Gasteiger charge is -2.12. The maximum Gasteiger partial charge on any atom is 0.134 e. The number of rotatable bonds is 5. The van der Waals surface area contributed by atoms with E-state index in [0.717, 1.165) is 29.0 Å². The summed E-state index contributed by atoms with van der Waals surface area (Å²) in [4.78, 5) is 0. The molecule has 0 radical (unpaired) electrons. The summed E-state index contributed by atoms with van der Waals surface area (Å²) < 4.78 is 7.51. The van der Waals surface area contributed by atoms with Crippen LogP contribution in [0.3, 0.4) is 0 Å². The molecule has 0 saturated carbocycles. The molecular formula is C13H18N4O. The molecule has 1 heterocycles. The van der Waals surface area contributed by atoms with Gasteiger partial charge in [-0.15, -0.1) is 5.10 Å². The highest BCUT2D eigenvalue weighted by atomic mass is 16.5. The molecule has 1 aromatic heterocycles.